The molecular weight excluding hydrogens is 506 g/mol. The van der Waals surface area contributed by atoms with Gasteiger partial charge in [0.05, 0.1) is 23.2 Å². The van der Waals surface area contributed by atoms with Gasteiger partial charge in [-0.05, 0) is 50.2 Å². The van der Waals surface area contributed by atoms with E-state index in [1.165, 1.54) is 4.31 Å². The molecule has 1 aliphatic carbocycles. The zero-order valence-electron chi connectivity index (χ0n) is 21.9. The molecule has 0 unspecified atom stereocenters. The number of amides is 1. The van der Waals surface area contributed by atoms with Gasteiger partial charge in [-0.15, -0.1) is 0 Å². The van der Waals surface area contributed by atoms with Crippen LogP contribution in [0.3, 0.4) is 0 Å². The SMILES string of the molecule is CNC(=O)c1c(-c2ccc(C)cc2)oc2nc(CN(CCCCCCCC(=O)O)[SH](=O)=O)c(C3CC3)cc12. The Morgan fingerprint density at radius 2 is 1.79 bits per heavy atom. The standard InChI is InChI=1S/C28H35N3O6S/c1-18-9-11-20(12-10-18)26-25(27(34)29-2)22-16-21(19-13-14-19)23(30-28(22)37-26)17-31(38(35)36)15-7-5-3-4-6-8-24(32)33/h9-12,16,19,38H,3-8,13-15,17H2,1-2H3,(H,29,34)(H,32,33). The highest BCUT2D eigenvalue weighted by molar-refractivity contribution is 7.69. The van der Waals surface area contributed by atoms with Gasteiger partial charge in [0.2, 0.25) is 16.6 Å². The summed E-state index contributed by atoms with van der Waals surface area (Å²) < 4.78 is 31.8. The predicted octanol–water partition coefficient (Wildman–Crippen LogP) is 4.79. The van der Waals surface area contributed by atoms with Crippen molar-refractivity contribution in [2.45, 2.75) is 70.8 Å². The molecule has 0 aliphatic heterocycles. The van der Waals surface area contributed by atoms with E-state index in [2.05, 4.69) is 5.32 Å². The van der Waals surface area contributed by atoms with Crippen LogP contribution < -0.4 is 5.32 Å². The molecule has 1 fully saturated rings. The highest BCUT2D eigenvalue weighted by Gasteiger charge is 2.31. The van der Waals surface area contributed by atoms with E-state index in [4.69, 9.17) is 14.5 Å². The van der Waals surface area contributed by atoms with Gasteiger partial charge in [0.1, 0.15) is 5.76 Å². The molecule has 4 rings (SSSR count). The Bertz CT molecular complexity index is 1370. The molecule has 0 bridgehead atoms. The van der Waals surface area contributed by atoms with E-state index in [0.29, 0.717) is 47.5 Å². The number of carboxylic acid groups (broad SMARTS) is 1. The van der Waals surface area contributed by atoms with Crippen LogP contribution in [0.4, 0.5) is 0 Å². The Balaban J connectivity index is 1.59. The molecule has 0 spiro atoms. The number of benzene rings is 1. The molecular formula is C28H35N3O6S. The summed E-state index contributed by atoms with van der Waals surface area (Å²) in [4.78, 5) is 28.3. The molecule has 204 valence electrons. The number of carbonyl (C=O) groups excluding carboxylic acids is 1. The summed E-state index contributed by atoms with van der Waals surface area (Å²) in [6.45, 7) is 2.51. The molecule has 1 aromatic carbocycles. The van der Waals surface area contributed by atoms with Gasteiger partial charge in [0.15, 0.2) is 0 Å². The molecule has 0 saturated heterocycles. The molecule has 1 amide bonds. The van der Waals surface area contributed by atoms with E-state index in [-0.39, 0.29) is 24.8 Å². The Morgan fingerprint density at radius 3 is 2.42 bits per heavy atom. The van der Waals surface area contributed by atoms with E-state index >= 15 is 0 Å². The Labute approximate surface area is 224 Å². The van der Waals surface area contributed by atoms with Crippen molar-refractivity contribution in [1.82, 2.24) is 14.6 Å². The van der Waals surface area contributed by atoms with Crippen LogP contribution >= 0.6 is 0 Å². The highest BCUT2D eigenvalue weighted by Crippen LogP contribution is 2.44. The van der Waals surface area contributed by atoms with Crippen molar-refractivity contribution in [2.24, 2.45) is 0 Å². The summed E-state index contributed by atoms with van der Waals surface area (Å²) in [6, 6.07) is 9.69. The molecule has 9 nitrogen and oxygen atoms in total. The molecule has 10 heteroatoms. The van der Waals surface area contributed by atoms with E-state index in [1.54, 1.807) is 7.05 Å². The van der Waals surface area contributed by atoms with Gasteiger partial charge in [0, 0.05) is 25.6 Å². The zero-order valence-corrected chi connectivity index (χ0v) is 22.8. The average molecular weight is 542 g/mol. The minimum atomic E-state index is -2.81. The fraction of sp³-hybridized carbons (Fsp3) is 0.464. The smallest absolute Gasteiger partial charge is 0.303 e. The number of hydrogen-bond acceptors (Lipinski definition) is 6. The Morgan fingerprint density at radius 1 is 1.11 bits per heavy atom. The lowest BCUT2D eigenvalue weighted by molar-refractivity contribution is -0.137. The lowest BCUT2D eigenvalue weighted by Crippen LogP contribution is -2.24. The molecule has 2 aromatic heterocycles. The fourth-order valence-corrected chi connectivity index (χ4v) is 5.25. The second-order valence-electron chi connectivity index (χ2n) is 9.94. The predicted molar refractivity (Wildman–Crippen MR) is 146 cm³/mol. The van der Waals surface area contributed by atoms with Crippen molar-refractivity contribution in [3.8, 4) is 11.3 Å². The number of carbonyl (C=O) groups is 2. The summed E-state index contributed by atoms with van der Waals surface area (Å²) in [5.74, 6) is -0.318. The number of aryl methyl sites for hydroxylation is 1. The van der Waals surface area contributed by atoms with E-state index in [0.717, 1.165) is 48.8 Å². The van der Waals surface area contributed by atoms with E-state index < -0.39 is 16.9 Å². The van der Waals surface area contributed by atoms with Crippen molar-refractivity contribution < 1.29 is 27.5 Å². The molecule has 2 heterocycles. The van der Waals surface area contributed by atoms with Crippen LogP contribution in [-0.2, 0) is 22.2 Å². The number of pyridine rings is 1. The maximum Gasteiger partial charge on any atom is 0.303 e. The van der Waals surface area contributed by atoms with Crippen LogP contribution in [0, 0.1) is 6.92 Å². The van der Waals surface area contributed by atoms with Crippen LogP contribution in [0.2, 0.25) is 0 Å². The van der Waals surface area contributed by atoms with Gasteiger partial charge in [-0.1, -0.05) is 49.1 Å². The van der Waals surface area contributed by atoms with Gasteiger partial charge >= 0.3 is 5.97 Å². The number of rotatable bonds is 14. The minimum Gasteiger partial charge on any atom is -0.481 e. The van der Waals surface area contributed by atoms with Gasteiger partial charge in [-0.2, -0.15) is 4.31 Å². The molecule has 0 atom stereocenters. The number of aliphatic carboxylic acids is 1. The first-order valence-corrected chi connectivity index (χ1v) is 14.3. The van der Waals surface area contributed by atoms with Gasteiger partial charge in [0.25, 0.3) is 5.91 Å². The zero-order chi connectivity index (χ0) is 27.2. The number of nitrogens with zero attached hydrogens (tertiary/aromatic N) is 2. The second kappa shape index (κ2) is 12.5. The number of aromatic nitrogens is 1. The summed E-state index contributed by atoms with van der Waals surface area (Å²) in [5.41, 5.74) is 4.24. The van der Waals surface area contributed by atoms with Crippen molar-refractivity contribution in [3.63, 3.8) is 0 Å². The van der Waals surface area contributed by atoms with Crippen LogP contribution in [0.5, 0.6) is 0 Å². The van der Waals surface area contributed by atoms with E-state index in [1.807, 2.05) is 37.3 Å². The summed E-state index contributed by atoms with van der Waals surface area (Å²) in [6.07, 6.45) is 5.99. The Hall–Kier alpha value is -3.24. The molecule has 2 N–H and O–H groups in total. The molecule has 1 saturated carbocycles. The summed E-state index contributed by atoms with van der Waals surface area (Å²) in [5, 5.41) is 12.1. The third-order valence-electron chi connectivity index (χ3n) is 6.95. The first-order valence-electron chi connectivity index (χ1n) is 13.1. The van der Waals surface area contributed by atoms with Crippen molar-refractivity contribution in [2.75, 3.05) is 13.6 Å². The lowest BCUT2D eigenvalue weighted by atomic mass is 10.0. The topological polar surface area (TPSA) is 130 Å². The number of fused-ring (bicyclic) bond motifs is 1. The second-order valence-corrected chi connectivity index (χ2v) is 11.0. The third-order valence-corrected chi connectivity index (χ3v) is 7.75. The van der Waals surface area contributed by atoms with Crippen molar-refractivity contribution in [1.29, 1.82) is 0 Å². The minimum absolute atomic E-state index is 0.148. The Kier molecular flexibility index (Phi) is 9.17. The molecule has 0 radical (unpaired) electrons. The number of carboxylic acids is 1. The fourth-order valence-electron chi connectivity index (χ4n) is 4.70. The van der Waals surface area contributed by atoms with Crippen molar-refractivity contribution >= 4 is 33.9 Å². The number of hydrogen-bond donors (Lipinski definition) is 3. The quantitative estimate of drug-likeness (QED) is 0.198. The number of nitrogens with one attached hydrogen (secondary N) is 1. The summed E-state index contributed by atoms with van der Waals surface area (Å²) >= 11 is 0. The third kappa shape index (κ3) is 6.79. The van der Waals surface area contributed by atoms with Crippen LogP contribution in [0.25, 0.3) is 22.4 Å². The highest BCUT2D eigenvalue weighted by atomic mass is 32.2. The maximum absolute atomic E-state index is 12.9. The normalized spacial score (nSPS) is 13.5. The van der Waals surface area contributed by atoms with Gasteiger partial charge in [-0.25, -0.2) is 13.4 Å². The number of thiol groups is 1. The number of furan rings is 1. The monoisotopic (exact) mass is 541 g/mol. The van der Waals surface area contributed by atoms with E-state index in [9.17, 15) is 18.0 Å². The molecule has 3 aromatic rings. The van der Waals surface area contributed by atoms with Crippen molar-refractivity contribution in [3.05, 3.63) is 52.7 Å². The lowest BCUT2D eigenvalue weighted by Gasteiger charge is -2.17. The van der Waals surface area contributed by atoms with Gasteiger partial charge in [-0.3, -0.25) is 9.59 Å². The average Bonchev–Trinajstić information content (AvgIpc) is 3.67. The first-order chi connectivity index (χ1) is 18.3. The maximum atomic E-state index is 12.9. The summed E-state index contributed by atoms with van der Waals surface area (Å²) in [7, 11) is -1.23. The first kappa shape index (κ1) is 27.8. The number of unbranched alkanes of at least 4 members (excludes halogenated alkanes) is 4. The largest absolute Gasteiger partial charge is 0.481 e. The van der Waals surface area contributed by atoms with Crippen LogP contribution in [0.1, 0.15) is 84.5 Å². The van der Waals surface area contributed by atoms with Crippen LogP contribution in [0.15, 0.2) is 34.7 Å². The van der Waals surface area contributed by atoms with Crippen LogP contribution in [-0.4, -0.2) is 48.3 Å². The molecule has 1 aliphatic rings. The molecule has 38 heavy (non-hydrogen) atoms. The van der Waals surface area contributed by atoms with Gasteiger partial charge < -0.3 is 14.8 Å².